The first kappa shape index (κ1) is 38.3. The first-order chi connectivity index (χ1) is 24.2. The number of carbonyl (C=O) groups is 4. The van der Waals surface area contributed by atoms with E-state index in [9.17, 15) is 32.3 Å². The average molecular weight is 705 g/mol. The minimum Gasteiger partial charge on any atom is -0.465 e. The molecule has 4 aromatic rings. The lowest BCUT2D eigenvalue weighted by molar-refractivity contribution is -0.177. The van der Waals surface area contributed by atoms with Crippen molar-refractivity contribution in [3.63, 3.8) is 0 Å². The van der Waals surface area contributed by atoms with Crippen LogP contribution in [-0.4, -0.2) is 56.0 Å². The topological polar surface area (TPSA) is 111 Å². The van der Waals surface area contributed by atoms with Gasteiger partial charge in [0.25, 0.3) is 5.91 Å². The second-order valence-electron chi connectivity index (χ2n) is 11.8. The van der Waals surface area contributed by atoms with Gasteiger partial charge in [-0.25, -0.2) is 0 Å². The zero-order valence-electron chi connectivity index (χ0n) is 28.9. The maximum Gasteiger partial charge on any atom is 0.416 e. The largest absolute Gasteiger partial charge is 0.465 e. The summed E-state index contributed by atoms with van der Waals surface area (Å²) in [6.45, 7) is 4.25. The van der Waals surface area contributed by atoms with E-state index < -0.39 is 47.1 Å². The highest BCUT2D eigenvalue weighted by atomic mass is 19.4. The molecular weight excluding hydrogens is 665 g/mol. The summed E-state index contributed by atoms with van der Waals surface area (Å²) < 4.78 is 56.7. The molecule has 0 radical (unpaired) electrons. The third kappa shape index (κ3) is 8.46. The van der Waals surface area contributed by atoms with Crippen molar-refractivity contribution in [3.8, 4) is 11.1 Å². The van der Waals surface area contributed by atoms with Crippen molar-refractivity contribution in [2.75, 3.05) is 32.6 Å². The van der Waals surface area contributed by atoms with Crippen LogP contribution in [0.2, 0.25) is 0 Å². The number of hydrogen-bond donors (Lipinski definition) is 1. The fourth-order valence-corrected chi connectivity index (χ4v) is 5.85. The predicted molar refractivity (Wildman–Crippen MR) is 185 cm³/mol. The number of hydrogen-bond acceptors (Lipinski definition) is 8. The molecule has 0 aromatic heterocycles. The minimum absolute atomic E-state index is 0.0986. The summed E-state index contributed by atoms with van der Waals surface area (Å²) in [4.78, 5) is 56.9. The predicted octanol–water partition coefficient (Wildman–Crippen LogP) is 7.35. The molecule has 12 heteroatoms. The molecule has 1 amide bonds. The summed E-state index contributed by atoms with van der Waals surface area (Å²) in [6.07, 6.45) is -6.15. The van der Waals surface area contributed by atoms with Crippen LogP contribution in [0.25, 0.3) is 11.1 Å². The van der Waals surface area contributed by atoms with Gasteiger partial charge in [-0.2, -0.15) is 13.2 Å². The number of anilines is 1. The third-order valence-electron chi connectivity index (χ3n) is 8.01. The van der Waals surface area contributed by atoms with Crippen LogP contribution in [0.5, 0.6) is 0 Å². The van der Waals surface area contributed by atoms with E-state index >= 15 is 0 Å². The van der Waals surface area contributed by atoms with E-state index in [0.717, 1.165) is 19.1 Å². The van der Waals surface area contributed by atoms with Gasteiger partial charge in [-0.1, -0.05) is 72.8 Å². The van der Waals surface area contributed by atoms with E-state index in [2.05, 4.69) is 5.32 Å². The summed E-state index contributed by atoms with van der Waals surface area (Å²) in [5.74, 6) is -3.39. The average Bonchev–Trinajstić information content (AvgIpc) is 3.09. The van der Waals surface area contributed by atoms with Gasteiger partial charge in [-0.05, 0) is 74.5 Å². The van der Waals surface area contributed by atoms with E-state index in [0.29, 0.717) is 16.7 Å². The number of nitrogens with one attached hydrogen (secondary N) is 1. The Bertz CT molecular complexity index is 1840. The smallest absolute Gasteiger partial charge is 0.416 e. The van der Waals surface area contributed by atoms with Crippen LogP contribution in [0, 0.1) is 0 Å². The standard InChI is InChI=1S/C39H39F3N2O7/c1-6-49-36(47)38(37(48)50-7-2,27-14-9-8-10-15-27)34(51-25(3)45)30-18-13-19-33(32(30)24-44(4)5)43-35(46)31-17-12-11-16-29(31)26-20-22-28(23-21-26)39(40,41)42/h8-23,34H,6-7,24H2,1-5H3,(H,43,46). The zero-order valence-corrected chi connectivity index (χ0v) is 28.9. The molecule has 0 aliphatic rings. The number of alkyl halides is 3. The number of rotatable bonds is 13. The van der Waals surface area contributed by atoms with Gasteiger partial charge in [0, 0.05) is 30.3 Å². The van der Waals surface area contributed by atoms with Crippen LogP contribution in [0.4, 0.5) is 18.9 Å². The van der Waals surface area contributed by atoms with E-state index in [-0.39, 0.29) is 42.1 Å². The Morgan fingerprint density at radius 3 is 1.88 bits per heavy atom. The Kier molecular flexibility index (Phi) is 12.4. The molecule has 0 aliphatic heterocycles. The molecule has 0 aliphatic carbocycles. The molecule has 268 valence electrons. The fourth-order valence-electron chi connectivity index (χ4n) is 5.85. The molecule has 0 saturated carbocycles. The normalized spacial score (nSPS) is 12.2. The van der Waals surface area contributed by atoms with Gasteiger partial charge in [0.15, 0.2) is 6.10 Å². The lowest BCUT2D eigenvalue weighted by atomic mass is 9.71. The van der Waals surface area contributed by atoms with Crippen molar-refractivity contribution < 1.29 is 46.6 Å². The van der Waals surface area contributed by atoms with Crippen molar-refractivity contribution in [2.45, 2.75) is 45.0 Å². The highest BCUT2D eigenvalue weighted by Gasteiger charge is 2.59. The number of nitrogens with zero attached hydrogens (tertiary/aromatic N) is 1. The van der Waals surface area contributed by atoms with E-state index in [1.54, 1.807) is 106 Å². The second-order valence-corrected chi connectivity index (χ2v) is 11.8. The molecule has 9 nitrogen and oxygen atoms in total. The first-order valence-electron chi connectivity index (χ1n) is 16.2. The highest BCUT2D eigenvalue weighted by Crippen LogP contribution is 2.45. The van der Waals surface area contributed by atoms with Gasteiger partial charge in [0.05, 0.1) is 18.8 Å². The summed E-state index contributed by atoms with van der Waals surface area (Å²) >= 11 is 0. The van der Waals surface area contributed by atoms with Crippen LogP contribution < -0.4 is 5.32 Å². The molecule has 51 heavy (non-hydrogen) atoms. The number of benzene rings is 4. The molecule has 1 atom stereocenters. The molecule has 0 spiro atoms. The number of carbonyl (C=O) groups excluding carboxylic acids is 4. The Hall–Kier alpha value is -5.49. The number of halogens is 3. The van der Waals surface area contributed by atoms with Crippen LogP contribution in [-0.2, 0) is 46.7 Å². The molecule has 1 unspecified atom stereocenters. The van der Waals surface area contributed by atoms with E-state index in [4.69, 9.17) is 14.2 Å². The zero-order chi connectivity index (χ0) is 37.3. The van der Waals surface area contributed by atoms with Gasteiger partial charge in [-0.15, -0.1) is 0 Å². The summed E-state index contributed by atoms with van der Waals surface area (Å²) in [5.41, 5.74) is -1.14. The molecule has 4 aromatic carbocycles. The van der Waals surface area contributed by atoms with Crippen LogP contribution in [0.15, 0.2) is 97.1 Å². The molecule has 0 heterocycles. The second kappa shape index (κ2) is 16.5. The Balaban J connectivity index is 1.92. The Morgan fingerprint density at radius 1 is 0.745 bits per heavy atom. The molecule has 0 fully saturated rings. The number of esters is 3. The fraction of sp³-hybridized carbons (Fsp3) is 0.282. The van der Waals surface area contributed by atoms with Crippen LogP contribution >= 0.6 is 0 Å². The SMILES string of the molecule is CCOC(=O)C(C(=O)OCC)(c1ccccc1)C(OC(C)=O)c1cccc(NC(=O)c2ccccc2-c2ccc(C(F)(F)F)cc2)c1CN(C)C. The summed E-state index contributed by atoms with van der Waals surface area (Å²) in [7, 11) is 3.54. The molecule has 0 saturated heterocycles. The van der Waals surface area contributed by atoms with Gasteiger partial charge in [0.1, 0.15) is 0 Å². The lowest BCUT2D eigenvalue weighted by Crippen LogP contribution is -2.52. The highest BCUT2D eigenvalue weighted by molar-refractivity contribution is 6.10. The lowest BCUT2D eigenvalue weighted by Gasteiger charge is -2.37. The first-order valence-corrected chi connectivity index (χ1v) is 16.2. The van der Waals surface area contributed by atoms with Crippen LogP contribution in [0.1, 0.15) is 59.5 Å². The van der Waals surface area contributed by atoms with Gasteiger partial charge in [0.2, 0.25) is 5.41 Å². The van der Waals surface area contributed by atoms with Crippen molar-refractivity contribution in [3.05, 3.63) is 125 Å². The van der Waals surface area contributed by atoms with Crippen LogP contribution in [0.3, 0.4) is 0 Å². The summed E-state index contributed by atoms with van der Waals surface area (Å²) in [6, 6.07) is 23.8. The third-order valence-corrected chi connectivity index (χ3v) is 8.01. The van der Waals surface area contributed by atoms with E-state index in [1.807, 2.05) is 0 Å². The van der Waals surface area contributed by atoms with Crippen molar-refractivity contribution in [2.24, 2.45) is 0 Å². The van der Waals surface area contributed by atoms with Crippen molar-refractivity contribution in [1.29, 1.82) is 0 Å². The maximum absolute atomic E-state index is 14.2. The van der Waals surface area contributed by atoms with Crippen molar-refractivity contribution in [1.82, 2.24) is 4.90 Å². The Morgan fingerprint density at radius 2 is 1.33 bits per heavy atom. The number of ether oxygens (including phenoxy) is 3. The number of amides is 1. The molecule has 1 N–H and O–H groups in total. The molecule has 0 bridgehead atoms. The monoisotopic (exact) mass is 704 g/mol. The van der Waals surface area contributed by atoms with Gasteiger partial charge >= 0.3 is 24.1 Å². The van der Waals surface area contributed by atoms with E-state index in [1.165, 1.54) is 12.1 Å². The van der Waals surface area contributed by atoms with Crippen molar-refractivity contribution >= 4 is 29.5 Å². The maximum atomic E-state index is 14.2. The van der Waals surface area contributed by atoms with Gasteiger partial charge < -0.3 is 24.4 Å². The van der Waals surface area contributed by atoms with Gasteiger partial charge in [-0.3, -0.25) is 19.2 Å². The minimum atomic E-state index is -4.52. The molecule has 4 rings (SSSR count). The molecular formula is C39H39F3N2O7. The quantitative estimate of drug-likeness (QED) is 0.0874. The Labute approximate surface area is 294 Å². The summed E-state index contributed by atoms with van der Waals surface area (Å²) in [5, 5.41) is 2.91.